The van der Waals surface area contributed by atoms with Crippen LogP contribution < -0.4 is 20.7 Å². The molecule has 238 valence electrons. The van der Waals surface area contributed by atoms with Gasteiger partial charge in [0.1, 0.15) is 24.4 Å². The summed E-state index contributed by atoms with van der Waals surface area (Å²) in [4.78, 5) is 26.2. The van der Waals surface area contributed by atoms with Gasteiger partial charge in [-0.05, 0) is 61.7 Å². The summed E-state index contributed by atoms with van der Waals surface area (Å²) in [7, 11) is 0. The van der Waals surface area contributed by atoms with Crippen molar-refractivity contribution >= 4 is 22.7 Å². The fraction of sp³-hybridized carbons (Fsp3) is 0.294. The van der Waals surface area contributed by atoms with Gasteiger partial charge < -0.3 is 34.5 Å². The number of likely N-dealkylation sites (tertiary alicyclic amines) is 1. The van der Waals surface area contributed by atoms with Crippen molar-refractivity contribution in [1.82, 2.24) is 25.6 Å². The van der Waals surface area contributed by atoms with Crippen LogP contribution in [0.2, 0.25) is 0 Å². The number of carbonyl (C=O) groups is 1. The molecule has 0 spiro atoms. The van der Waals surface area contributed by atoms with Gasteiger partial charge in [0.25, 0.3) is 5.79 Å². The highest BCUT2D eigenvalue weighted by atomic mass is 19.1. The van der Waals surface area contributed by atoms with Crippen molar-refractivity contribution in [2.24, 2.45) is 0 Å². The molecule has 0 amide bonds. The van der Waals surface area contributed by atoms with Crippen LogP contribution in [0, 0.1) is 12.4 Å². The number of hydrogen-bond acceptors (Lipinski definition) is 8. The van der Waals surface area contributed by atoms with Gasteiger partial charge in [0.15, 0.2) is 17.2 Å². The Morgan fingerprint density at radius 1 is 1.13 bits per heavy atom. The van der Waals surface area contributed by atoms with Crippen molar-refractivity contribution in [3.8, 4) is 11.5 Å². The van der Waals surface area contributed by atoms with Gasteiger partial charge in [0.2, 0.25) is 5.89 Å². The average Bonchev–Trinajstić information content (AvgIpc) is 3.75. The number of oxazole rings is 1. The fourth-order valence-corrected chi connectivity index (χ4v) is 6.19. The molecule has 11 nitrogen and oxygen atoms in total. The van der Waals surface area contributed by atoms with Crippen LogP contribution in [0.4, 0.5) is 10.1 Å². The van der Waals surface area contributed by atoms with E-state index in [9.17, 15) is 14.3 Å². The number of fused-ring (bicyclic) bond motifs is 2. The van der Waals surface area contributed by atoms with E-state index in [0.29, 0.717) is 41.5 Å². The van der Waals surface area contributed by atoms with Gasteiger partial charge >= 0.3 is 0 Å². The Morgan fingerprint density at radius 3 is 2.63 bits per heavy atom. The number of hydrogen-bond donors (Lipinski definition) is 1. The van der Waals surface area contributed by atoms with Crippen LogP contribution in [0.15, 0.2) is 71.5 Å². The number of carboxylic acid groups (broad SMARTS) is 1. The molecule has 1 fully saturated rings. The molecule has 1 atom stereocenters. The Kier molecular flexibility index (Phi) is 8.83. The number of imidazole rings is 1. The lowest BCUT2D eigenvalue weighted by Gasteiger charge is -2.32. The van der Waals surface area contributed by atoms with Crippen LogP contribution in [0.3, 0.4) is 0 Å². The molecule has 0 bridgehead atoms. The molecule has 4 heterocycles. The number of ether oxygens (including phenoxy) is 2. The number of para-hydroxylation sites is 1. The molecule has 1 saturated heterocycles. The highest BCUT2D eigenvalue weighted by Crippen LogP contribution is 2.50. The number of piperidine rings is 1. The standard InChI is InChI=1S/C33H28FN5O5.CH4.H3N/c1-33(24-8-7-22(35-2)17-25(24)34)43-28-5-3-4-23(31(28)44-33)20-10-13-38(14-11-20)18-29-37-26-9-6-21(32(40)41)16-27(26)39(29)19-30-36-12-15-42-30;;/h3-9,12,15-17,20H,10-11,13-14,18-19H2,1H3,(H,40,41);1H4;1H3. The minimum absolute atomic E-state index is 0. The number of rotatable bonds is 7. The molecule has 2 aliphatic heterocycles. The zero-order valence-electron chi connectivity index (χ0n) is 24.8. The molecule has 4 N–H and O–H groups in total. The lowest BCUT2D eigenvalue weighted by atomic mass is 9.88. The smallest absolute Gasteiger partial charge is 0.278 e. The van der Waals surface area contributed by atoms with E-state index in [1.165, 1.54) is 18.4 Å². The van der Waals surface area contributed by atoms with Crippen LogP contribution in [0.1, 0.15) is 66.3 Å². The maximum atomic E-state index is 14.9. The van der Waals surface area contributed by atoms with Crippen molar-refractivity contribution in [2.75, 3.05) is 13.1 Å². The monoisotopic (exact) mass is 626 g/mol. The number of aromatic carboxylic acids is 1. The number of quaternary nitrogens is 1. The number of halogens is 1. The first kappa shape index (κ1) is 32.2. The second kappa shape index (κ2) is 12.6. The largest absolute Gasteiger partial charge is 0.545 e. The van der Waals surface area contributed by atoms with Gasteiger partial charge in [-0.15, -0.1) is 0 Å². The summed E-state index contributed by atoms with van der Waals surface area (Å²) in [5.74, 6) is -0.460. The summed E-state index contributed by atoms with van der Waals surface area (Å²) in [5, 5.41) is 11.5. The number of carboxylic acids is 1. The maximum absolute atomic E-state index is 14.9. The molecule has 7 rings (SSSR count). The summed E-state index contributed by atoms with van der Waals surface area (Å²) in [6, 6.07) is 14.9. The molecule has 1 unspecified atom stereocenters. The molecule has 0 radical (unpaired) electrons. The quantitative estimate of drug-likeness (QED) is 0.211. The molecule has 2 aliphatic rings. The Hall–Kier alpha value is -5.25. The molecule has 3 aromatic carbocycles. The first-order valence-electron chi connectivity index (χ1n) is 14.3. The van der Waals surface area contributed by atoms with Gasteiger partial charge in [-0.2, -0.15) is 0 Å². The minimum Gasteiger partial charge on any atom is -0.545 e. The van der Waals surface area contributed by atoms with Crippen LogP contribution in [-0.2, 0) is 18.9 Å². The third-order valence-electron chi connectivity index (χ3n) is 8.41. The molecule has 12 heteroatoms. The van der Waals surface area contributed by atoms with E-state index in [1.807, 2.05) is 22.8 Å². The normalized spacial score (nSPS) is 17.7. The fourth-order valence-electron chi connectivity index (χ4n) is 6.19. The molecular weight excluding hydrogens is 591 g/mol. The Labute approximate surface area is 265 Å². The van der Waals surface area contributed by atoms with E-state index in [4.69, 9.17) is 25.4 Å². The van der Waals surface area contributed by atoms with E-state index in [1.54, 1.807) is 37.4 Å². The van der Waals surface area contributed by atoms with Crippen LogP contribution in [0.25, 0.3) is 15.9 Å². The molecule has 0 aliphatic carbocycles. The SMILES string of the molecule is C.[C-]#[N+]c1ccc(C2(C)Oc3cccc(C4CCN(Cc5nc6ccc(C(=O)[O-])cc6n5Cc5ncco5)CC4)c3O2)c(F)c1.[NH4+]. The predicted octanol–water partition coefficient (Wildman–Crippen LogP) is 6.16. The highest BCUT2D eigenvalue weighted by Gasteiger charge is 2.43. The molecule has 5 aromatic rings. The summed E-state index contributed by atoms with van der Waals surface area (Å²) in [6.07, 6.45) is 4.80. The van der Waals surface area contributed by atoms with Crippen molar-refractivity contribution in [3.05, 3.63) is 113 Å². The van der Waals surface area contributed by atoms with Crippen LogP contribution >= 0.6 is 0 Å². The van der Waals surface area contributed by atoms with Gasteiger partial charge in [-0.1, -0.05) is 37.8 Å². The second-order valence-electron chi connectivity index (χ2n) is 11.2. The predicted molar refractivity (Wildman–Crippen MR) is 167 cm³/mol. The van der Waals surface area contributed by atoms with E-state index in [0.717, 1.165) is 37.3 Å². The Bertz CT molecular complexity index is 1930. The van der Waals surface area contributed by atoms with E-state index < -0.39 is 17.6 Å². The zero-order valence-corrected chi connectivity index (χ0v) is 24.8. The lowest BCUT2D eigenvalue weighted by molar-refractivity contribution is -0.255. The molecular formula is C34H35FN6O5. The lowest BCUT2D eigenvalue weighted by Crippen LogP contribution is -2.34. The molecule has 0 saturated carbocycles. The van der Waals surface area contributed by atoms with Gasteiger partial charge in [0, 0.05) is 12.5 Å². The topological polar surface area (TPSA) is 147 Å². The average molecular weight is 627 g/mol. The number of nitrogens with zero attached hydrogens (tertiary/aromatic N) is 5. The van der Waals surface area contributed by atoms with Crippen LogP contribution in [-0.4, -0.2) is 38.5 Å². The maximum Gasteiger partial charge on any atom is 0.278 e. The summed E-state index contributed by atoms with van der Waals surface area (Å²) in [6.45, 7) is 11.3. The van der Waals surface area contributed by atoms with Gasteiger partial charge in [-0.3, -0.25) is 4.90 Å². The minimum atomic E-state index is -1.34. The van der Waals surface area contributed by atoms with Crippen LogP contribution in [0.5, 0.6) is 11.5 Å². The second-order valence-corrected chi connectivity index (χ2v) is 11.2. The van der Waals surface area contributed by atoms with E-state index in [-0.39, 0.29) is 36.3 Å². The Morgan fingerprint density at radius 2 is 1.93 bits per heavy atom. The first-order valence-corrected chi connectivity index (χ1v) is 14.3. The van der Waals surface area contributed by atoms with Crippen molar-refractivity contribution in [3.63, 3.8) is 0 Å². The highest BCUT2D eigenvalue weighted by molar-refractivity contribution is 5.91. The summed E-state index contributed by atoms with van der Waals surface area (Å²) in [5.41, 5.74) is 2.92. The van der Waals surface area contributed by atoms with Crippen molar-refractivity contribution in [1.29, 1.82) is 0 Å². The number of aromatic nitrogens is 3. The third-order valence-corrected chi connectivity index (χ3v) is 8.41. The Balaban J connectivity index is 0.00000208. The van der Waals surface area contributed by atoms with E-state index >= 15 is 0 Å². The number of carbonyl (C=O) groups excluding carboxylic acids is 1. The molecule has 46 heavy (non-hydrogen) atoms. The summed E-state index contributed by atoms with van der Waals surface area (Å²) < 4.78 is 34.9. The van der Waals surface area contributed by atoms with Gasteiger partial charge in [0.05, 0.1) is 41.9 Å². The van der Waals surface area contributed by atoms with Crippen molar-refractivity contribution in [2.45, 2.75) is 52.0 Å². The van der Waals surface area contributed by atoms with E-state index in [2.05, 4.69) is 14.7 Å². The zero-order chi connectivity index (χ0) is 30.4. The number of benzene rings is 3. The van der Waals surface area contributed by atoms with Gasteiger partial charge in [-0.25, -0.2) is 19.2 Å². The summed E-state index contributed by atoms with van der Waals surface area (Å²) >= 11 is 0. The van der Waals surface area contributed by atoms with Crippen molar-refractivity contribution < 1.29 is 28.2 Å². The molecule has 2 aromatic heterocycles. The first-order chi connectivity index (χ1) is 21.3. The third kappa shape index (κ3) is 5.78.